The molecule has 5 nitrogen and oxygen atoms in total. The minimum atomic E-state index is 0.00680. The maximum Gasteiger partial charge on any atom is 0.223 e. The third-order valence-electron chi connectivity index (χ3n) is 6.58. The SMILES string of the molecule is C=C(N=C(CC)c1ccc(CC(C)C)cc1C#N)c1ccccc1CCC1CC(=O)N(CCO)C1. The van der Waals surface area contributed by atoms with E-state index in [1.54, 1.807) is 4.90 Å². The highest BCUT2D eigenvalue weighted by atomic mass is 16.3. The summed E-state index contributed by atoms with van der Waals surface area (Å²) in [5, 5.41) is 19.0. The van der Waals surface area contributed by atoms with Gasteiger partial charge < -0.3 is 10.0 Å². The van der Waals surface area contributed by atoms with Crippen LogP contribution in [0.5, 0.6) is 0 Å². The summed E-state index contributed by atoms with van der Waals surface area (Å²) < 4.78 is 0. The van der Waals surface area contributed by atoms with Crippen LogP contribution in [0.4, 0.5) is 0 Å². The molecule has 184 valence electrons. The van der Waals surface area contributed by atoms with Crippen LogP contribution in [-0.4, -0.2) is 41.3 Å². The van der Waals surface area contributed by atoms with Crippen LogP contribution in [0.1, 0.15) is 67.9 Å². The number of carbonyl (C=O) groups is 1. The lowest BCUT2D eigenvalue weighted by Gasteiger charge is -2.16. The van der Waals surface area contributed by atoms with Gasteiger partial charge in [0.2, 0.25) is 5.91 Å². The first-order chi connectivity index (χ1) is 16.9. The third kappa shape index (κ3) is 6.90. The predicted molar refractivity (Wildman–Crippen MR) is 142 cm³/mol. The molecule has 0 spiro atoms. The van der Waals surface area contributed by atoms with Crippen molar-refractivity contribution in [3.63, 3.8) is 0 Å². The van der Waals surface area contributed by atoms with Crippen LogP contribution in [0.25, 0.3) is 5.70 Å². The molecule has 1 aliphatic heterocycles. The van der Waals surface area contributed by atoms with Gasteiger partial charge in [0.1, 0.15) is 0 Å². The molecule has 1 unspecified atom stereocenters. The fourth-order valence-corrected chi connectivity index (χ4v) is 4.85. The number of hydrogen-bond donors (Lipinski definition) is 1. The molecule has 1 saturated heterocycles. The number of likely N-dealkylation sites (tertiary alicyclic amines) is 1. The molecular weight excluding hydrogens is 434 g/mol. The van der Waals surface area contributed by atoms with Gasteiger partial charge in [0.15, 0.2) is 0 Å². The number of aliphatic hydroxyl groups is 1. The summed E-state index contributed by atoms with van der Waals surface area (Å²) >= 11 is 0. The Hall–Kier alpha value is -3.23. The molecule has 2 aromatic carbocycles. The summed E-state index contributed by atoms with van der Waals surface area (Å²) in [4.78, 5) is 18.8. The number of nitriles is 1. The Morgan fingerprint density at radius 1 is 1.26 bits per heavy atom. The molecule has 0 radical (unpaired) electrons. The molecule has 0 bridgehead atoms. The highest BCUT2D eigenvalue weighted by molar-refractivity contribution is 6.05. The van der Waals surface area contributed by atoms with Gasteiger partial charge in [-0.05, 0) is 54.7 Å². The summed E-state index contributed by atoms with van der Waals surface area (Å²) in [6, 6.07) is 16.6. The zero-order chi connectivity index (χ0) is 25.4. The Bertz CT molecular complexity index is 1130. The van der Waals surface area contributed by atoms with Crippen molar-refractivity contribution < 1.29 is 9.90 Å². The standard InChI is InChI=1S/C30H37N3O2/c1-5-29(28-13-11-23(16-21(2)3)17-26(28)19-31)32-22(4)27-9-7-6-8-25(27)12-10-24-18-30(35)33(20-24)14-15-34/h6-9,11,13,17,21,24,34H,4-5,10,12,14-16,18,20H2,1-3H3. The van der Waals surface area contributed by atoms with Crippen LogP contribution >= 0.6 is 0 Å². The van der Waals surface area contributed by atoms with Gasteiger partial charge in [0.25, 0.3) is 0 Å². The molecule has 1 amide bonds. The van der Waals surface area contributed by atoms with E-state index in [2.05, 4.69) is 45.6 Å². The van der Waals surface area contributed by atoms with E-state index in [0.29, 0.717) is 49.0 Å². The van der Waals surface area contributed by atoms with Gasteiger partial charge in [0.05, 0.1) is 23.9 Å². The molecule has 0 aliphatic carbocycles. The average molecular weight is 472 g/mol. The van der Waals surface area contributed by atoms with E-state index < -0.39 is 0 Å². The lowest BCUT2D eigenvalue weighted by Crippen LogP contribution is -2.28. The van der Waals surface area contributed by atoms with Crippen molar-refractivity contribution in [3.8, 4) is 6.07 Å². The van der Waals surface area contributed by atoms with Crippen LogP contribution in [0.2, 0.25) is 0 Å². The van der Waals surface area contributed by atoms with E-state index in [4.69, 9.17) is 10.1 Å². The van der Waals surface area contributed by atoms with Crippen LogP contribution in [0.15, 0.2) is 54.0 Å². The van der Waals surface area contributed by atoms with E-state index in [0.717, 1.165) is 41.7 Å². The summed E-state index contributed by atoms with van der Waals surface area (Å²) in [5.41, 5.74) is 6.42. The smallest absolute Gasteiger partial charge is 0.223 e. The second-order valence-corrected chi connectivity index (χ2v) is 9.78. The van der Waals surface area contributed by atoms with Crippen molar-refractivity contribution >= 4 is 17.3 Å². The largest absolute Gasteiger partial charge is 0.395 e. The first kappa shape index (κ1) is 26.4. The topological polar surface area (TPSA) is 76.7 Å². The Balaban J connectivity index is 1.79. The zero-order valence-electron chi connectivity index (χ0n) is 21.3. The van der Waals surface area contributed by atoms with Crippen molar-refractivity contribution in [2.75, 3.05) is 19.7 Å². The second kappa shape index (κ2) is 12.5. The highest BCUT2D eigenvalue weighted by Gasteiger charge is 2.28. The number of amides is 1. The first-order valence-corrected chi connectivity index (χ1v) is 12.6. The van der Waals surface area contributed by atoms with Gasteiger partial charge in [0, 0.05) is 36.3 Å². The van der Waals surface area contributed by atoms with E-state index in [9.17, 15) is 10.1 Å². The maximum atomic E-state index is 12.1. The Labute approximate surface area is 209 Å². The van der Waals surface area contributed by atoms with Gasteiger partial charge in [-0.1, -0.05) is 63.7 Å². The van der Waals surface area contributed by atoms with Crippen LogP contribution in [0, 0.1) is 23.2 Å². The molecule has 0 saturated carbocycles. The molecule has 1 aliphatic rings. The minimum absolute atomic E-state index is 0.00680. The summed E-state index contributed by atoms with van der Waals surface area (Å²) in [7, 11) is 0. The number of rotatable bonds is 11. The summed E-state index contributed by atoms with van der Waals surface area (Å²) in [5.74, 6) is 0.961. The number of hydrogen-bond acceptors (Lipinski definition) is 4. The van der Waals surface area contributed by atoms with Gasteiger partial charge in [-0.3, -0.25) is 9.79 Å². The molecule has 2 aromatic rings. The van der Waals surface area contributed by atoms with Crippen LogP contribution < -0.4 is 0 Å². The Kier molecular flexibility index (Phi) is 9.39. The second-order valence-electron chi connectivity index (χ2n) is 9.78. The molecule has 1 N–H and O–H groups in total. The van der Waals surface area contributed by atoms with E-state index >= 15 is 0 Å². The van der Waals surface area contributed by atoms with Crippen molar-refractivity contribution in [2.24, 2.45) is 16.8 Å². The monoisotopic (exact) mass is 471 g/mol. The average Bonchev–Trinajstić information content (AvgIpc) is 3.20. The fourth-order valence-electron chi connectivity index (χ4n) is 4.85. The first-order valence-electron chi connectivity index (χ1n) is 12.6. The number of aliphatic hydroxyl groups excluding tert-OH is 1. The van der Waals surface area contributed by atoms with Gasteiger partial charge >= 0.3 is 0 Å². The number of nitrogens with zero attached hydrogens (tertiary/aromatic N) is 3. The predicted octanol–water partition coefficient (Wildman–Crippen LogP) is 5.40. The maximum absolute atomic E-state index is 12.1. The van der Waals surface area contributed by atoms with E-state index in [1.165, 1.54) is 5.56 Å². The number of β-amino-alcohol motifs (C(OH)–C–C–N with tert-alkyl or cyclic N) is 1. The van der Waals surface area contributed by atoms with Crippen LogP contribution in [-0.2, 0) is 17.6 Å². The highest BCUT2D eigenvalue weighted by Crippen LogP contribution is 2.27. The number of aliphatic imine (C=N–C) groups is 1. The van der Waals surface area contributed by atoms with Crippen LogP contribution in [0.3, 0.4) is 0 Å². The molecule has 1 atom stereocenters. The quantitative estimate of drug-likeness (QED) is 0.446. The minimum Gasteiger partial charge on any atom is -0.395 e. The van der Waals surface area contributed by atoms with Gasteiger partial charge in [-0.2, -0.15) is 5.26 Å². The van der Waals surface area contributed by atoms with E-state index in [1.807, 2.05) is 30.3 Å². The van der Waals surface area contributed by atoms with Gasteiger partial charge in [-0.15, -0.1) is 0 Å². The summed E-state index contributed by atoms with van der Waals surface area (Å²) in [6.07, 6.45) is 3.93. The number of carbonyl (C=O) groups excluding carboxylic acids is 1. The lowest BCUT2D eigenvalue weighted by atomic mass is 9.94. The molecular formula is C30H37N3O2. The molecule has 35 heavy (non-hydrogen) atoms. The molecule has 3 rings (SSSR count). The molecule has 1 heterocycles. The van der Waals surface area contributed by atoms with Gasteiger partial charge in [-0.25, -0.2) is 0 Å². The lowest BCUT2D eigenvalue weighted by molar-refractivity contribution is -0.128. The number of benzene rings is 2. The molecule has 0 aromatic heterocycles. The van der Waals surface area contributed by atoms with E-state index in [-0.39, 0.29) is 12.5 Å². The molecule has 1 fully saturated rings. The number of aryl methyl sites for hydroxylation is 1. The normalized spacial score (nSPS) is 16.1. The van der Waals surface area contributed by atoms with Crippen molar-refractivity contribution in [1.29, 1.82) is 5.26 Å². The summed E-state index contributed by atoms with van der Waals surface area (Å²) in [6.45, 7) is 11.8. The Morgan fingerprint density at radius 3 is 2.71 bits per heavy atom. The molecule has 5 heteroatoms. The third-order valence-corrected chi connectivity index (χ3v) is 6.58. The van der Waals surface area contributed by atoms with Crippen molar-refractivity contribution in [3.05, 3.63) is 76.9 Å². The van der Waals surface area contributed by atoms with Crippen molar-refractivity contribution in [2.45, 2.75) is 52.9 Å². The zero-order valence-corrected chi connectivity index (χ0v) is 21.3. The van der Waals surface area contributed by atoms with Crippen molar-refractivity contribution in [1.82, 2.24) is 4.90 Å². The fraction of sp³-hybridized carbons (Fsp3) is 0.433. The Morgan fingerprint density at radius 2 is 2.03 bits per heavy atom.